The summed E-state index contributed by atoms with van der Waals surface area (Å²) in [5.41, 5.74) is 1.55. The largest absolute Gasteiger partial charge is 0.309 e. The number of pyridine rings is 1. The SMILES string of the molecule is Cc1ccc(C(=N)NC(=O)C2CC2)nc1. The predicted octanol–water partition coefficient (Wildman–Crippen LogP) is 1.24. The molecule has 0 bridgehead atoms. The zero-order valence-corrected chi connectivity index (χ0v) is 8.58. The van der Waals surface area contributed by atoms with Crippen LogP contribution in [0.1, 0.15) is 24.1 Å². The maximum Gasteiger partial charge on any atom is 0.228 e. The van der Waals surface area contributed by atoms with Crippen molar-refractivity contribution in [1.29, 1.82) is 5.41 Å². The van der Waals surface area contributed by atoms with Gasteiger partial charge in [0.1, 0.15) is 5.69 Å². The fraction of sp³-hybridized carbons (Fsp3) is 0.364. The number of carbonyl (C=O) groups is 1. The van der Waals surface area contributed by atoms with Crippen LogP contribution >= 0.6 is 0 Å². The number of amidine groups is 1. The molecule has 1 fully saturated rings. The lowest BCUT2D eigenvalue weighted by molar-refractivity contribution is -0.120. The van der Waals surface area contributed by atoms with E-state index in [-0.39, 0.29) is 17.7 Å². The van der Waals surface area contributed by atoms with Crippen LogP contribution in [0.2, 0.25) is 0 Å². The smallest absolute Gasteiger partial charge is 0.228 e. The number of nitrogens with one attached hydrogen (secondary N) is 2. The fourth-order valence-electron chi connectivity index (χ4n) is 1.25. The van der Waals surface area contributed by atoms with E-state index < -0.39 is 0 Å². The molecule has 0 radical (unpaired) electrons. The molecule has 1 heterocycles. The van der Waals surface area contributed by atoms with Crippen LogP contribution in [0.4, 0.5) is 0 Å². The summed E-state index contributed by atoms with van der Waals surface area (Å²) in [6, 6.07) is 3.62. The van der Waals surface area contributed by atoms with Gasteiger partial charge in [0, 0.05) is 12.1 Å². The molecule has 0 spiro atoms. The molecule has 1 saturated carbocycles. The van der Waals surface area contributed by atoms with Crippen LogP contribution in [-0.2, 0) is 4.79 Å². The van der Waals surface area contributed by atoms with Crippen molar-refractivity contribution in [3.63, 3.8) is 0 Å². The van der Waals surface area contributed by atoms with Gasteiger partial charge in [-0.25, -0.2) is 0 Å². The highest BCUT2D eigenvalue weighted by atomic mass is 16.2. The molecule has 2 N–H and O–H groups in total. The Morgan fingerprint density at radius 3 is 2.80 bits per heavy atom. The van der Waals surface area contributed by atoms with Crippen molar-refractivity contribution in [2.75, 3.05) is 0 Å². The first kappa shape index (κ1) is 9.83. The highest BCUT2D eigenvalue weighted by Crippen LogP contribution is 2.28. The maximum absolute atomic E-state index is 11.4. The molecule has 15 heavy (non-hydrogen) atoms. The summed E-state index contributed by atoms with van der Waals surface area (Å²) in [4.78, 5) is 15.4. The van der Waals surface area contributed by atoms with Crippen molar-refractivity contribution < 1.29 is 4.79 Å². The van der Waals surface area contributed by atoms with Crippen LogP contribution in [-0.4, -0.2) is 16.7 Å². The first-order chi connectivity index (χ1) is 7.16. The molecule has 1 amide bonds. The van der Waals surface area contributed by atoms with Crippen molar-refractivity contribution in [2.45, 2.75) is 19.8 Å². The molecule has 1 aromatic rings. The second-order valence-electron chi connectivity index (χ2n) is 3.86. The van der Waals surface area contributed by atoms with Gasteiger partial charge in [0.05, 0.1) is 0 Å². The minimum absolute atomic E-state index is 0.0534. The summed E-state index contributed by atoms with van der Waals surface area (Å²) in [5.74, 6) is 0.157. The predicted molar refractivity (Wildman–Crippen MR) is 56.7 cm³/mol. The van der Waals surface area contributed by atoms with E-state index in [0.717, 1.165) is 18.4 Å². The first-order valence-corrected chi connectivity index (χ1v) is 4.99. The minimum atomic E-state index is -0.0534. The summed E-state index contributed by atoms with van der Waals surface area (Å²) in [5, 5.41) is 10.2. The number of rotatable bonds is 2. The summed E-state index contributed by atoms with van der Waals surface area (Å²) >= 11 is 0. The van der Waals surface area contributed by atoms with E-state index in [1.165, 1.54) is 0 Å². The van der Waals surface area contributed by atoms with Crippen molar-refractivity contribution in [3.8, 4) is 0 Å². The van der Waals surface area contributed by atoms with Gasteiger partial charge < -0.3 is 5.32 Å². The highest BCUT2D eigenvalue weighted by molar-refractivity contribution is 6.06. The Morgan fingerprint density at radius 1 is 1.53 bits per heavy atom. The third kappa shape index (κ3) is 2.40. The zero-order chi connectivity index (χ0) is 10.8. The van der Waals surface area contributed by atoms with Gasteiger partial charge in [0.15, 0.2) is 5.84 Å². The van der Waals surface area contributed by atoms with Crippen molar-refractivity contribution in [1.82, 2.24) is 10.3 Å². The van der Waals surface area contributed by atoms with Crippen LogP contribution in [0.15, 0.2) is 18.3 Å². The van der Waals surface area contributed by atoms with Gasteiger partial charge in [-0.05, 0) is 31.4 Å². The standard InChI is InChI=1S/C11H13N3O/c1-7-2-5-9(13-6-7)10(12)14-11(15)8-3-4-8/h2,5-6,8H,3-4H2,1H3,(H2,12,14,15). The van der Waals surface area contributed by atoms with Gasteiger partial charge in [-0.3, -0.25) is 15.2 Å². The summed E-state index contributed by atoms with van der Waals surface area (Å²) in [7, 11) is 0. The Labute approximate surface area is 88.2 Å². The minimum Gasteiger partial charge on any atom is -0.309 e. The second kappa shape index (κ2) is 3.81. The number of aromatic nitrogens is 1. The lowest BCUT2D eigenvalue weighted by Gasteiger charge is -2.05. The normalized spacial score (nSPS) is 14.7. The molecule has 78 valence electrons. The first-order valence-electron chi connectivity index (χ1n) is 4.99. The molecule has 4 nitrogen and oxygen atoms in total. The van der Waals surface area contributed by atoms with Gasteiger partial charge in [-0.15, -0.1) is 0 Å². The van der Waals surface area contributed by atoms with Crippen LogP contribution in [0.5, 0.6) is 0 Å². The van der Waals surface area contributed by atoms with E-state index in [1.54, 1.807) is 12.3 Å². The van der Waals surface area contributed by atoms with E-state index in [2.05, 4.69) is 10.3 Å². The van der Waals surface area contributed by atoms with E-state index in [1.807, 2.05) is 13.0 Å². The highest BCUT2D eigenvalue weighted by Gasteiger charge is 2.30. The quantitative estimate of drug-likeness (QED) is 0.561. The summed E-state index contributed by atoms with van der Waals surface area (Å²) in [6.07, 6.45) is 3.58. The van der Waals surface area contributed by atoms with Gasteiger partial charge in [-0.1, -0.05) is 6.07 Å². The number of amides is 1. The monoisotopic (exact) mass is 203 g/mol. The lowest BCUT2D eigenvalue weighted by Crippen LogP contribution is -2.32. The molecule has 1 aromatic heterocycles. The van der Waals surface area contributed by atoms with E-state index in [4.69, 9.17) is 5.41 Å². The summed E-state index contributed by atoms with van der Waals surface area (Å²) < 4.78 is 0. The zero-order valence-electron chi connectivity index (χ0n) is 8.58. The molecule has 0 atom stereocenters. The number of nitrogens with zero attached hydrogens (tertiary/aromatic N) is 1. The Balaban J connectivity index is 2.00. The Kier molecular flexibility index (Phi) is 2.49. The maximum atomic E-state index is 11.4. The number of aryl methyl sites for hydroxylation is 1. The van der Waals surface area contributed by atoms with Crippen LogP contribution in [0.3, 0.4) is 0 Å². The topological polar surface area (TPSA) is 65.8 Å². The average Bonchev–Trinajstić information content (AvgIpc) is 3.01. The Hall–Kier alpha value is -1.71. The molecule has 0 aromatic carbocycles. The van der Waals surface area contributed by atoms with Crippen LogP contribution < -0.4 is 5.32 Å². The molecule has 2 rings (SSSR count). The molecular weight excluding hydrogens is 190 g/mol. The number of hydrogen-bond donors (Lipinski definition) is 2. The van der Waals surface area contributed by atoms with Crippen LogP contribution in [0, 0.1) is 18.3 Å². The lowest BCUT2D eigenvalue weighted by atomic mass is 10.2. The molecule has 0 aliphatic heterocycles. The average molecular weight is 203 g/mol. The molecule has 1 aliphatic rings. The van der Waals surface area contributed by atoms with E-state index >= 15 is 0 Å². The third-order valence-corrected chi connectivity index (χ3v) is 2.36. The third-order valence-electron chi connectivity index (χ3n) is 2.36. The van der Waals surface area contributed by atoms with E-state index in [0.29, 0.717) is 5.69 Å². The molecule has 0 unspecified atom stereocenters. The van der Waals surface area contributed by atoms with Crippen molar-refractivity contribution in [3.05, 3.63) is 29.6 Å². The van der Waals surface area contributed by atoms with Gasteiger partial charge in [-0.2, -0.15) is 0 Å². The molecule has 1 aliphatic carbocycles. The summed E-state index contributed by atoms with van der Waals surface area (Å²) in [6.45, 7) is 1.93. The molecular formula is C11H13N3O. The van der Waals surface area contributed by atoms with Crippen molar-refractivity contribution >= 4 is 11.7 Å². The van der Waals surface area contributed by atoms with Gasteiger partial charge in [0.2, 0.25) is 5.91 Å². The number of hydrogen-bond acceptors (Lipinski definition) is 3. The second-order valence-corrected chi connectivity index (χ2v) is 3.86. The van der Waals surface area contributed by atoms with Gasteiger partial charge >= 0.3 is 0 Å². The fourth-order valence-corrected chi connectivity index (χ4v) is 1.25. The van der Waals surface area contributed by atoms with Crippen LogP contribution in [0.25, 0.3) is 0 Å². The Morgan fingerprint density at radius 2 is 2.27 bits per heavy atom. The van der Waals surface area contributed by atoms with E-state index in [9.17, 15) is 4.79 Å². The van der Waals surface area contributed by atoms with Gasteiger partial charge in [0.25, 0.3) is 0 Å². The Bertz CT molecular complexity index is 393. The number of carbonyl (C=O) groups excluding carboxylic acids is 1. The van der Waals surface area contributed by atoms with Crippen molar-refractivity contribution in [2.24, 2.45) is 5.92 Å². The molecule has 4 heteroatoms. The molecule has 0 saturated heterocycles.